The molecule has 1 aliphatic heterocycles. The molecule has 3 N–H and O–H groups in total. The predicted octanol–water partition coefficient (Wildman–Crippen LogP) is 4.57. The number of rotatable bonds is 4. The van der Waals surface area contributed by atoms with Crippen LogP contribution in [-0.4, -0.2) is 26.0 Å². The minimum atomic E-state index is -1.14. The molecule has 5 nitrogen and oxygen atoms in total. The second kappa shape index (κ2) is 6.91. The highest BCUT2D eigenvalue weighted by Gasteiger charge is 2.71. The molecule has 1 aromatic heterocycles. The first-order valence-electron chi connectivity index (χ1n) is 8.72. The summed E-state index contributed by atoms with van der Waals surface area (Å²) in [4.78, 5) is 20.2. The smallest absolute Gasteiger partial charge is 0.320 e. The van der Waals surface area contributed by atoms with Gasteiger partial charge in [-0.1, -0.05) is 17.8 Å². The van der Waals surface area contributed by atoms with Crippen molar-refractivity contribution in [2.24, 2.45) is 16.6 Å². The molecule has 1 aliphatic carbocycles. The quantitative estimate of drug-likeness (QED) is 0.670. The highest BCUT2D eigenvalue weighted by Crippen LogP contribution is 2.66. The van der Waals surface area contributed by atoms with Crippen LogP contribution in [-0.2, 0) is 10.3 Å². The summed E-state index contributed by atoms with van der Waals surface area (Å²) in [6.07, 6.45) is 3.07. The summed E-state index contributed by atoms with van der Waals surface area (Å²) in [6.45, 7) is 1.67. The van der Waals surface area contributed by atoms with Crippen LogP contribution in [0.25, 0.3) is 11.9 Å². The van der Waals surface area contributed by atoms with E-state index in [9.17, 15) is 18.7 Å². The van der Waals surface area contributed by atoms with Crippen LogP contribution in [0.15, 0.2) is 46.0 Å². The molecule has 1 aromatic carbocycles. The van der Waals surface area contributed by atoms with Gasteiger partial charge in [0.1, 0.15) is 16.4 Å². The summed E-state index contributed by atoms with van der Waals surface area (Å²) in [6, 6.07) is 7.36. The summed E-state index contributed by atoms with van der Waals surface area (Å²) >= 11 is 4.25. The Morgan fingerprint density at radius 3 is 2.83 bits per heavy atom. The minimum absolute atomic E-state index is 0.106. The zero-order chi connectivity index (χ0) is 21.0. The molecule has 1 saturated carbocycles. The van der Waals surface area contributed by atoms with Crippen LogP contribution in [0.2, 0.25) is 0 Å². The number of fused-ring (bicyclic) bond motifs is 1. The predicted molar refractivity (Wildman–Crippen MR) is 112 cm³/mol. The summed E-state index contributed by atoms with van der Waals surface area (Å²) < 4.78 is 29.0. The third-order valence-electron chi connectivity index (χ3n) is 5.38. The number of benzene rings is 1. The topological polar surface area (TPSA) is 88.6 Å². The second-order valence-electron chi connectivity index (χ2n) is 7.24. The molecule has 1 fully saturated rings. The highest BCUT2D eigenvalue weighted by molar-refractivity contribution is 9.10. The number of hydrogen-bond donors (Lipinski definition) is 2. The molecule has 0 amide bonds. The van der Waals surface area contributed by atoms with Gasteiger partial charge in [0.25, 0.3) is 0 Å². The average molecular weight is 480 g/mol. The Bertz CT molecular complexity index is 1080. The molecule has 3 atom stereocenters. The summed E-state index contributed by atoms with van der Waals surface area (Å²) in [5.74, 6) is -2.51. The van der Waals surface area contributed by atoms with Gasteiger partial charge in [0.2, 0.25) is 0 Å². The fourth-order valence-corrected chi connectivity index (χ4v) is 5.36. The Kier molecular flexibility index (Phi) is 4.77. The lowest BCUT2D eigenvalue weighted by Gasteiger charge is -2.33. The molecular formula is C20H16BrF2N3O2S. The van der Waals surface area contributed by atoms with Crippen molar-refractivity contribution in [3.63, 3.8) is 0 Å². The maximum Gasteiger partial charge on any atom is 0.320 e. The first-order valence-corrected chi connectivity index (χ1v) is 10.3. The number of nitrogens with two attached hydrogens (primary N) is 1. The lowest BCUT2D eigenvalue weighted by molar-refractivity contribution is -0.137. The van der Waals surface area contributed by atoms with E-state index in [1.165, 1.54) is 36.5 Å². The SMILES string of the molecule is C[C@]1(c2cc(/C=C(\F)c3ccc(Br)cn3)ccc2F)N=C(N)S[C@@]2(C(=O)O)C[C@H]21. The molecule has 0 spiro atoms. The number of amidine groups is 1. The van der Waals surface area contributed by atoms with Gasteiger partial charge in [-0.25, -0.2) is 8.78 Å². The number of aliphatic imine (C=N–C) groups is 1. The van der Waals surface area contributed by atoms with Crippen LogP contribution in [0.5, 0.6) is 0 Å². The maximum absolute atomic E-state index is 14.8. The lowest BCUT2D eigenvalue weighted by atomic mass is 9.85. The van der Waals surface area contributed by atoms with E-state index in [2.05, 4.69) is 25.9 Å². The van der Waals surface area contributed by atoms with Gasteiger partial charge in [-0.3, -0.25) is 14.8 Å². The van der Waals surface area contributed by atoms with Crippen LogP contribution in [0, 0.1) is 11.7 Å². The highest BCUT2D eigenvalue weighted by atomic mass is 79.9. The number of carbonyl (C=O) groups is 1. The number of thioether (sulfide) groups is 1. The Morgan fingerprint density at radius 2 is 2.17 bits per heavy atom. The van der Waals surface area contributed by atoms with Crippen molar-refractivity contribution < 1.29 is 18.7 Å². The first kappa shape index (κ1) is 20.0. The van der Waals surface area contributed by atoms with Crippen LogP contribution in [0.1, 0.15) is 30.2 Å². The van der Waals surface area contributed by atoms with Crippen molar-refractivity contribution in [2.75, 3.05) is 0 Å². The number of hydrogen-bond acceptors (Lipinski definition) is 5. The zero-order valence-electron chi connectivity index (χ0n) is 15.2. The molecule has 9 heteroatoms. The maximum atomic E-state index is 14.8. The number of nitrogens with zero attached hydrogens (tertiary/aromatic N) is 2. The summed E-state index contributed by atoms with van der Waals surface area (Å²) in [7, 11) is 0. The van der Waals surface area contributed by atoms with Gasteiger partial charge in [0.15, 0.2) is 5.17 Å². The van der Waals surface area contributed by atoms with E-state index in [1.54, 1.807) is 13.0 Å². The number of aromatic nitrogens is 1. The fourth-order valence-electron chi connectivity index (χ4n) is 3.81. The number of aliphatic carboxylic acids is 1. The second-order valence-corrected chi connectivity index (χ2v) is 9.51. The van der Waals surface area contributed by atoms with Gasteiger partial charge < -0.3 is 10.8 Å². The van der Waals surface area contributed by atoms with E-state index < -0.39 is 33.8 Å². The Balaban J connectivity index is 1.74. The largest absolute Gasteiger partial charge is 0.480 e. The van der Waals surface area contributed by atoms with Crippen molar-refractivity contribution >= 4 is 50.7 Å². The van der Waals surface area contributed by atoms with Crippen molar-refractivity contribution in [2.45, 2.75) is 23.6 Å². The molecule has 4 rings (SSSR count). The van der Waals surface area contributed by atoms with E-state index in [0.717, 1.165) is 16.2 Å². The molecule has 0 bridgehead atoms. The average Bonchev–Trinajstić information content (AvgIpc) is 3.40. The van der Waals surface area contributed by atoms with Gasteiger partial charge in [-0.05, 0) is 65.2 Å². The Morgan fingerprint density at radius 1 is 1.41 bits per heavy atom. The van der Waals surface area contributed by atoms with Crippen LogP contribution in [0.4, 0.5) is 8.78 Å². The zero-order valence-corrected chi connectivity index (χ0v) is 17.6. The minimum Gasteiger partial charge on any atom is -0.480 e. The third kappa shape index (κ3) is 3.36. The number of pyridine rings is 1. The first-order chi connectivity index (χ1) is 13.7. The summed E-state index contributed by atoms with van der Waals surface area (Å²) in [5.41, 5.74) is 5.50. The Labute approximate surface area is 178 Å². The molecule has 2 aliphatic rings. The summed E-state index contributed by atoms with van der Waals surface area (Å²) in [5, 5.41) is 9.74. The fraction of sp³-hybridized carbons (Fsp3) is 0.250. The van der Waals surface area contributed by atoms with E-state index >= 15 is 0 Å². The van der Waals surface area contributed by atoms with Crippen molar-refractivity contribution in [1.29, 1.82) is 0 Å². The van der Waals surface area contributed by atoms with Crippen LogP contribution in [0.3, 0.4) is 0 Å². The van der Waals surface area contributed by atoms with Crippen molar-refractivity contribution in [1.82, 2.24) is 4.98 Å². The van der Waals surface area contributed by atoms with Gasteiger partial charge in [0, 0.05) is 22.2 Å². The van der Waals surface area contributed by atoms with Crippen LogP contribution >= 0.6 is 27.7 Å². The molecule has 2 heterocycles. The van der Waals surface area contributed by atoms with Gasteiger partial charge >= 0.3 is 5.97 Å². The molecule has 0 unspecified atom stereocenters. The lowest BCUT2D eigenvalue weighted by Crippen LogP contribution is -2.39. The Hall–Kier alpha value is -2.26. The van der Waals surface area contributed by atoms with Crippen molar-refractivity contribution in [3.05, 3.63) is 63.6 Å². The molecular weight excluding hydrogens is 464 g/mol. The molecule has 29 heavy (non-hydrogen) atoms. The molecule has 150 valence electrons. The number of carboxylic acid groups (broad SMARTS) is 1. The molecule has 0 saturated heterocycles. The monoisotopic (exact) mass is 479 g/mol. The van der Waals surface area contributed by atoms with Gasteiger partial charge in [-0.15, -0.1) is 0 Å². The number of carboxylic acids is 1. The molecule has 2 aromatic rings. The molecule has 0 radical (unpaired) electrons. The number of halogens is 3. The van der Waals surface area contributed by atoms with Crippen molar-refractivity contribution in [3.8, 4) is 0 Å². The van der Waals surface area contributed by atoms with Gasteiger partial charge in [-0.2, -0.15) is 0 Å². The van der Waals surface area contributed by atoms with Crippen LogP contribution < -0.4 is 5.73 Å². The standard InChI is InChI=1S/C20H16BrF2N3O2S/c1-19(16-8-20(16,17(27)28)29-18(24)26-19)12-6-10(2-4-13(12)22)7-14(23)15-5-3-11(21)9-25-15/h2-7,9,16H,8H2,1H3,(H2,24,26)(H,27,28)/b14-7-/t16-,19+,20-/m0/s1. The van der Waals surface area contributed by atoms with E-state index in [4.69, 9.17) is 5.73 Å². The third-order valence-corrected chi connectivity index (χ3v) is 7.14. The van der Waals surface area contributed by atoms with Gasteiger partial charge in [0.05, 0.1) is 11.2 Å². The normalized spacial score (nSPS) is 28.5. The van der Waals surface area contributed by atoms with E-state index in [-0.39, 0.29) is 16.4 Å². The van der Waals surface area contributed by atoms with E-state index in [1.807, 2.05) is 0 Å². The van der Waals surface area contributed by atoms with E-state index in [0.29, 0.717) is 12.0 Å².